The standard InChI is InChI=1S/C26H34N4O4S.C2HF3O2/c1-6-13-30-22(15-19(4)27-30)17-29(5)25-12-9-21(16-24(25)26(31)32)28-35(33,34)23-10-7-20(8-11-23)14-18(2)3;3-2(4,5)1(6)7/h7-12,15-16,18,28H,6,13-14,17H2,1-5H3,(H,31,32);(H,6,7). The van der Waals surface area contributed by atoms with Gasteiger partial charge in [0.25, 0.3) is 10.0 Å². The van der Waals surface area contributed by atoms with E-state index in [0.717, 1.165) is 36.3 Å². The van der Waals surface area contributed by atoms with Crippen molar-refractivity contribution in [1.82, 2.24) is 9.78 Å². The molecule has 0 aliphatic rings. The van der Waals surface area contributed by atoms with Crippen LogP contribution in [0.4, 0.5) is 24.5 Å². The van der Waals surface area contributed by atoms with Crippen LogP contribution in [-0.2, 0) is 34.3 Å². The Bertz CT molecular complexity index is 1490. The predicted molar refractivity (Wildman–Crippen MR) is 152 cm³/mol. The smallest absolute Gasteiger partial charge is 0.478 e. The van der Waals surface area contributed by atoms with Crippen molar-refractivity contribution >= 4 is 33.3 Å². The number of nitrogens with zero attached hydrogens (tertiary/aromatic N) is 3. The zero-order valence-corrected chi connectivity index (χ0v) is 24.8. The summed E-state index contributed by atoms with van der Waals surface area (Å²) in [6.07, 6.45) is -3.28. The number of rotatable bonds is 11. The van der Waals surface area contributed by atoms with E-state index in [-0.39, 0.29) is 16.1 Å². The lowest BCUT2D eigenvalue weighted by Crippen LogP contribution is -2.22. The summed E-state index contributed by atoms with van der Waals surface area (Å²) in [4.78, 5) is 22.9. The largest absolute Gasteiger partial charge is 0.490 e. The molecule has 0 amide bonds. The normalized spacial score (nSPS) is 11.5. The van der Waals surface area contributed by atoms with Gasteiger partial charge in [-0.05, 0) is 67.6 Å². The van der Waals surface area contributed by atoms with Gasteiger partial charge in [0, 0.05) is 19.3 Å². The molecule has 14 heteroatoms. The van der Waals surface area contributed by atoms with E-state index in [1.807, 2.05) is 29.6 Å². The van der Waals surface area contributed by atoms with Gasteiger partial charge < -0.3 is 15.1 Å². The van der Waals surface area contributed by atoms with E-state index >= 15 is 0 Å². The Morgan fingerprint density at radius 2 is 1.67 bits per heavy atom. The van der Waals surface area contributed by atoms with Crippen LogP contribution in [0.3, 0.4) is 0 Å². The van der Waals surface area contributed by atoms with Crippen LogP contribution in [0.15, 0.2) is 53.4 Å². The van der Waals surface area contributed by atoms with Crippen LogP contribution in [0.1, 0.15) is 54.5 Å². The van der Waals surface area contributed by atoms with Gasteiger partial charge in [-0.3, -0.25) is 9.40 Å². The highest BCUT2D eigenvalue weighted by molar-refractivity contribution is 7.92. The highest BCUT2D eigenvalue weighted by Gasteiger charge is 2.38. The summed E-state index contributed by atoms with van der Waals surface area (Å²) in [7, 11) is -2.05. The van der Waals surface area contributed by atoms with Gasteiger partial charge >= 0.3 is 18.1 Å². The summed E-state index contributed by atoms with van der Waals surface area (Å²) in [6, 6.07) is 13.3. The number of carboxylic acid groups (broad SMARTS) is 2. The zero-order chi connectivity index (χ0) is 31.8. The van der Waals surface area contributed by atoms with E-state index in [1.54, 1.807) is 36.4 Å². The molecule has 0 radical (unpaired) electrons. The number of aliphatic carboxylic acids is 1. The quantitative estimate of drug-likeness (QED) is 0.255. The first-order valence-electron chi connectivity index (χ1n) is 13.0. The zero-order valence-electron chi connectivity index (χ0n) is 23.9. The molecule has 2 aromatic carbocycles. The van der Waals surface area contributed by atoms with Crippen LogP contribution < -0.4 is 9.62 Å². The molecule has 0 bridgehead atoms. The average molecular weight is 613 g/mol. The maximum absolute atomic E-state index is 12.9. The second-order valence-electron chi connectivity index (χ2n) is 10.0. The first-order valence-corrected chi connectivity index (χ1v) is 14.5. The molecule has 3 aromatic rings. The number of carbonyl (C=O) groups is 2. The predicted octanol–water partition coefficient (Wildman–Crippen LogP) is 5.57. The van der Waals surface area contributed by atoms with E-state index in [9.17, 15) is 31.5 Å². The molecule has 0 spiro atoms. The highest BCUT2D eigenvalue weighted by atomic mass is 32.2. The van der Waals surface area contributed by atoms with Crippen LogP contribution in [0.5, 0.6) is 0 Å². The van der Waals surface area contributed by atoms with Gasteiger partial charge in [0.05, 0.1) is 34.1 Å². The number of hydrogen-bond acceptors (Lipinski definition) is 6. The third kappa shape index (κ3) is 9.79. The van der Waals surface area contributed by atoms with Crippen molar-refractivity contribution < 1.29 is 41.4 Å². The SMILES string of the molecule is CCCn1nc(C)cc1CN(C)c1ccc(NS(=O)(=O)c2ccc(CC(C)C)cc2)cc1C(=O)O.O=C(O)C(F)(F)F. The number of anilines is 2. The third-order valence-corrected chi connectivity index (χ3v) is 7.23. The summed E-state index contributed by atoms with van der Waals surface area (Å²) in [6.45, 7) is 9.46. The molecular formula is C28H35F3N4O6S. The first kappa shape index (κ1) is 34.1. The molecule has 0 saturated heterocycles. The molecular weight excluding hydrogens is 577 g/mol. The Balaban J connectivity index is 0.000000782. The number of aryl methyl sites for hydroxylation is 2. The van der Waals surface area contributed by atoms with Crippen LogP contribution in [0.2, 0.25) is 0 Å². The van der Waals surface area contributed by atoms with Crippen LogP contribution in [-0.4, -0.2) is 53.6 Å². The van der Waals surface area contributed by atoms with Gasteiger partial charge in [0.2, 0.25) is 0 Å². The van der Waals surface area contributed by atoms with Crippen molar-refractivity contribution in [2.75, 3.05) is 16.7 Å². The molecule has 10 nitrogen and oxygen atoms in total. The topological polar surface area (TPSA) is 142 Å². The maximum Gasteiger partial charge on any atom is 0.490 e. The molecule has 0 fully saturated rings. The lowest BCUT2D eigenvalue weighted by Gasteiger charge is -2.22. The number of aromatic nitrogens is 2. The van der Waals surface area contributed by atoms with Gasteiger partial charge in [-0.2, -0.15) is 18.3 Å². The number of hydrogen-bond donors (Lipinski definition) is 3. The van der Waals surface area contributed by atoms with Gasteiger partial charge in [-0.1, -0.05) is 32.9 Å². The second-order valence-corrected chi connectivity index (χ2v) is 11.7. The van der Waals surface area contributed by atoms with E-state index in [0.29, 0.717) is 18.2 Å². The van der Waals surface area contributed by atoms with Crippen molar-refractivity contribution in [3.05, 3.63) is 71.0 Å². The molecule has 3 rings (SSSR count). The summed E-state index contributed by atoms with van der Waals surface area (Å²) in [5.41, 5.74) is 3.64. The lowest BCUT2D eigenvalue weighted by molar-refractivity contribution is -0.192. The summed E-state index contributed by atoms with van der Waals surface area (Å²) in [5.74, 6) is -3.42. The molecule has 0 aliphatic carbocycles. The summed E-state index contributed by atoms with van der Waals surface area (Å²) >= 11 is 0. The van der Waals surface area contributed by atoms with Crippen LogP contribution in [0, 0.1) is 12.8 Å². The molecule has 0 atom stereocenters. The number of alkyl halides is 3. The van der Waals surface area contributed by atoms with E-state index < -0.39 is 28.1 Å². The van der Waals surface area contributed by atoms with Crippen molar-refractivity contribution in [2.45, 2.75) is 64.7 Å². The van der Waals surface area contributed by atoms with E-state index in [4.69, 9.17) is 9.90 Å². The molecule has 0 unspecified atom stereocenters. The Hall–Kier alpha value is -4.07. The Morgan fingerprint density at radius 3 is 2.17 bits per heavy atom. The molecule has 42 heavy (non-hydrogen) atoms. The number of aromatic carboxylic acids is 1. The fraction of sp³-hybridized carbons (Fsp3) is 0.393. The fourth-order valence-corrected chi connectivity index (χ4v) is 5.10. The maximum atomic E-state index is 12.9. The van der Waals surface area contributed by atoms with Gasteiger partial charge in [0.1, 0.15) is 0 Å². The van der Waals surface area contributed by atoms with Gasteiger partial charge in [-0.15, -0.1) is 0 Å². The summed E-state index contributed by atoms with van der Waals surface area (Å²) < 4.78 is 62.0. The van der Waals surface area contributed by atoms with Crippen LogP contribution >= 0.6 is 0 Å². The summed E-state index contributed by atoms with van der Waals surface area (Å²) in [5, 5.41) is 21.5. The van der Waals surface area contributed by atoms with Gasteiger partial charge in [0.15, 0.2) is 0 Å². The van der Waals surface area contributed by atoms with Crippen LogP contribution in [0.25, 0.3) is 0 Å². The number of halogens is 3. The van der Waals surface area contributed by atoms with E-state index in [2.05, 4.69) is 30.6 Å². The first-order chi connectivity index (χ1) is 19.4. The molecule has 3 N–H and O–H groups in total. The minimum atomic E-state index is -5.08. The Labute approximate surface area is 242 Å². The minimum absolute atomic E-state index is 0.0123. The van der Waals surface area contributed by atoms with Crippen molar-refractivity contribution in [3.63, 3.8) is 0 Å². The number of carboxylic acids is 2. The molecule has 0 saturated carbocycles. The molecule has 1 heterocycles. The monoisotopic (exact) mass is 612 g/mol. The minimum Gasteiger partial charge on any atom is -0.478 e. The van der Waals surface area contributed by atoms with Crippen molar-refractivity contribution in [2.24, 2.45) is 5.92 Å². The number of sulfonamides is 1. The third-order valence-electron chi connectivity index (χ3n) is 5.83. The molecule has 1 aromatic heterocycles. The average Bonchev–Trinajstić information content (AvgIpc) is 3.21. The Morgan fingerprint density at radius 1 is 1.07 bits per heavy atom. The number of nitrogens with one attached hydrogen (secondary N) is 1. The van der Waals surface area contributed by atoms with Crippen molar-refractivity contribution in [1.29, 1.82) is 0 Å². The second kappa shape index (κ2) is 14.2. The number of benzene rings is 2. The van der Waals surface area contributed by atoms with E-state index in [1.165, 1.54) is 6.07 Å². The lowest BCUT2D eigenvalue weighted by atomic mass is 10.0. The van der Waals surface area contributed by atoms with Crippen molar-refractivity contribution in [3.8, 4) is 0 Å². The highest BCUT2D eigenvalue weighted by Crippen LogP contribution is 2.27. The molecule has 230 valence electrons. The van der Waals surface area contributed by atoms with Gasteiger partial charge in [-0.25, -0.2) is 18.0 Å². The molecule has 0 aliphatic heterocycles. The Kier molecular flexibility index (Phi) is 11.5. The fourth-order valence-electron chi connectivity index (χ4n) is 4.05.